The number of nitrogens with zero attached hydrogens (tertiary/aromatic N) is 3. The van der Waals surface area contributed by atoms with Crippen LogP contribution in [0.4, 0.5) is 5.88 Å². The molecule has 0 radical (unpaired) electrons. The highest BCUT2D eigenvalue weighted by atomic mass is 35.5. The summed E-state index contributed by atoms with van der Waals surface area (Å²) in [5, 5.41) is 7.85. The monoisotopic (exact) mass is 378 g/mol. The maximum atomic E-state index is 12.3. The Balaban J connectivity index is 1.70. The smallest absolute Gasteiger partial charge is 0.345 e. The third-order valence-corrected chi connectivity index (χ3v) is 4.76. The van der Waals surface area contributed by atoms with Crippen LogP contribution in [0.3, 0.4) is 0 Å². The van der Waals surface area contributed by atoms with Gasteiger partial charge >= 0.3 is 5.97 Å². The predicted octanol–water partition coefficient (Wildman–Crippen LogP) is 2.44. The normalized spacial score (nSPS) is 15.8. The first kappa shape index (κ1) is 18.7. The topological polar surface area (TPSA) is 70.8 Å². The fourth-order valence-electron chi connectivity index (χ4n) is 2.91. The number of hydrogen-bond donors (Lipinski definition) is 1. The van der Waals surface area contributed by atoms with Gasteiger partial charge in [0.05, 0.1) is 7.11 Å². The fourth-order valence-corrected chi connectivity index (χ4v) is 3.03. The van der Waals surface area contributed by atoms with Gasteiger partial charge in [0.15, 0.2) is 5.56 Å². The molecule has 2 heterocycles. The van der Waals surface area contributed by atoms with Crippen LogP contribution in [0.5, 0.6) is 0 Å². The number of carbonyl (C=O) groups excluding carboxylic acids is 1. The molecule has 0 unspecified atom stereocenters. The average Bonchev–Trinajstić information content (AvgIpc) is 3.07. The Kier molecular flexibility index (Phi) is 6.13. The molecule has 1 aromatic carbocycles. The van der Waals surface area contributed by atoms with Gasteiger partial charge in [0.1, 0.15) is 5.69 Å². The van der Waals surface area contributed by atoms with Crippen LogP contribution in [0.15, 0.2) is 28.8 Å². The molecule has 0 spiro atoms. The number of aromatic nitrogens is 1. The van der Waals surface area contributed by atoms with Crippen molar-refractivity contribution in [3.63, 3.8) is 0 Å². The van der Waals surface area contributed by atoms with Crippen LogP contribution in [0.25, 0.3) is 11.3 Å². The Morgan fingerprint density at radius 2 is 1.96 bits per heavy atom. The molecule has 0 bridgehead atoms. The molecule has 8 heteroatoms. The lowest BCUT2D eigenvalue weighted by Gasteiger charge is -2.32. The van der Waals surface area contributed by atoms with E-state index < -0.39 is 5.97 Å². The van der Waals surface area contributed by atoms with Gasteiger partial charge in [-0.3, -0.25) is 4.90 Å². The summed E-state index contributed by atoms with van der Waals surface area (Å²) in [7, 11) is 3.47. The molecule has 0 aliphatic carbocycles. The molecule has 0 amide bonds. The van der Waals surface area contributed by atoms with Crippen LogP contribution in [-0.4, -0.2) is 74.4 Å². The molecular weight excluding hydrogens is 356 g/mol. The first-order chi connectivity index (χ1) is 12.6. The van der Waals surface area contributed by atoms with Crippen molar-refractivity contribution in [2.24, 2.45) is 0 Å². The zero-order valence-electron chi connectivity index (χ0n) is 15.0. The lowest BCUT2D eigenvalue weighted by atomic mass is 10.1. The molecule has 1 aliphatic rings. The van der Waals surface area contributed by atoms with Crippen molar-refractivity contribution in [3.05, 3.63) is 34.9 Å². The van der Waals surface area contributed by atoms with E-state index in [2.05, 4.69) is 27.3 Å². The summed E-state index contributed by atoms with van der Waals surface area (Å²) < 4.78 is 10.3. The van der Waals surface area contributed by atoms with E-state index in [4.69, 9.17) is 20.9 Å². The Labute approximate surface area is 157 Å². The molecule has 140 valence electrons. The van der Waals surface area contributed by atoms with Gasteiger partial charge in [0, 0.05) is 49.9 Å². The molecule has 1 N–H and O–H groups in total. The standard InChI is InChI=1S/C18H23ClN4O3/c1-22-9-11-23(12-10-22)8-7-20-17-15(18(24)25-2)16(21-26-17)13-3-5-14(19)6-4-13/h3-6,20H,7-12H2,1-2H3. The van der Waals surface area contributed by atoms with Crippen LogP contribution < -0.4 is 5.32 Å². The highest BCUT2D eigenvalue weighted by Gasteiger charge is 2.25. The van der Waals surface area contributed by atoms with Gasteiger partial charge in [-0.15, -0.1) is 0 Å². The number of likely N-dealkylation sites (N-methyl/N-ethyl adjacent to an activating group) is 1. The molecule has 7 nitrogen and oxygen atoms in total. The van der Waals surface area contributed by atoms with E-state index in [-0.39, 0.29) is 0 Å². The highest BCUT2D eigenvalue weighted by molar-refractivity contribution is 6.30. The van der Waals surface area contributed by atoms with Crippen molar-refractivity contribution in [3.8, 4) is 11.3 Å². The summed E-state index contributed by atoms with van der Waals surface area (Å²) in [6.07, 6.45) is 0. The molecule has 1 aliphatic heterocycles. The number of nitrogens with one attached hydrogen (secondary N) is 1. The largest absolute Gasteiger partial charge is 0.465 e. The third-order valence-electron chi connectivity index (χ3n) is 4.51. The molecule has 0 saturated carbocycles. The van der Waals surface area contributed by atoms with E-state index in [1.165, 1.54) is 7.11 Å². The summed E-state index contributed by atoms with van der Waals surface area (Å²) >= 11 is 5.93. The summed E-state index contributed by atoms with van der Waals surface area (Å²) in [5.74, 6) is -0.158. The van der Waals surface area contributed by atoms with Crippen molar-refractivity contribution in [2.75, 3.05) is 58.7 Å². The van der Waals surface area contributed by atoms with Gasteiger partial charge in [0.2, 0.25) is 5.88 Å². The lowest BCUT2D eigenvalue weighted by Crippen LogP contribution is -2.45. The van der Waals surface area contributed by atoms with Crippen molar-refractivity contribution in [2.45, 2.75) is 0 Å². The minimum atomic E-state index is -0.488. The molecule has 2 aromatic rings. The molecule has 1 saturated heterocycles. The number of carbonyl (C=O) groups is 1. The SMILES string of the molecule is COC(=O)c1c(-c2ccc(Cl)cc2)noc1NCCN1CCN(C)CC1. The third kappa shape index (κ3) is 4.35. The van der Waals surface area contributed by atoms with Crippen molar-refractivity contribution in [1.29, 1.82) is 0 Å². The number of methoxy groups -OCH3 is 1. The van der Waals surface area contributed by atoms with Gasteiger partial charge in [-0.25, -0.2) is 4.79 Å². The van der Waals surface area contributed by atoms with Gasteiger partial charge in [0.25, 0.3) is 0 Å². The highest BCUT2D eigenvalue weighted by Crippen LogP contribution is 2.30. The van der Waals surface area contributed by atoms with Crippen molar-refractivity contribution < 1.29 is 14.1 Å². The van der Waals surface area contributed by atoms with E-state index in [0.717, 1.165) is 38.3 Å². The molecule has 1 aromatic heterocycles. The van der Waals surface area contributed by atoms with Crippen LogP contribution in [0, 0.1) is 0 Å². The van der Waals surface area contributed by atoms with Crippen LogP contribution in [0.2, 0.25) is 5.02 Å². The summed E-state index contributed by atoms with van der Waals surface area (Å²) in [6, 6.07) is 7.07. The van der Waals surface area contributed by atoms with Gasteiger partial charge in [-0.2, -0.15) is 0 Å². The molecule has 26 heavy (non-hydrogen) atoms. The number of rotatable bonds is 6. The second kappa shape index (κ2) is 8.53. The summed E-state index contributed by atoms with van der Waals surface area (Å²) in [5.41, 5.74) is 1.48. The zero-order valence-corrected chi connectivity index (χ0v) is 15.8. The van der Waals surface area contributed by atoms with E-state index in [1.807, 2.05) is 0 Å². The zero-order chi connectivity index (χ0) is 18.5. The predicted molar refractivity (Wildman–Crippen MR) is 101 cm³/mol. The van der Waals surface area contributed by atoms with Crippen LogP contribution in [-0.2, 0) is 4.74 Å². The van der Waals surface area contributed by atoms with Crippen LogP contribution >= 0.6 is 11.6 Å². The minimum absolute atomic E-state index is 0.299. The Hall–Kier alpha value is -2.09. The number of hydrogen-bond acceptors (Lipinski definition) is 7. The second-order valence-corrected chi connectivity index (χ2v) is 6.74. The maximum Gasteiger partial charge on any atom is 0.345 e. The van der Waals surface area contributed by atoms with E-state index in [0.29, 0.717) is 28.7 Å². The Morgan fingerprint density at radius 1 is 1.27 bits per heavy atom. The van der Waals surface area contributed by atoms with Crippen molar-refractivity contribution >= 4 is 23.5 Å². The van der Waals surface area contributed by atoms with Crippen LogP contribution in [0.1, 0.15) is 10.4 Å². The molecule has 3 rings (SSSR count). The Bertz CT molecular complexity index is 739. The number of benzene rings is 1. The van der Waals surface area contributed by atoms with E-state index in [9.17, 15) is 4.79 Å². The fraction of sp³-hybridized carbons (Fsp3) is 0.444. The van der Waals surface area contributed by atoms with Gasteiger partial charge in [-0.1, -0.05) is 28.9 Å². The number of ether oxygens (including phenoxy) is 1. The average molecular weight is 379 g/mol. The number of anilines is 1. The second-order valence-electron chi connectivity index (χ2n) is 6.31. The molecular formula is C18H23ClN4O3. The lowest BCUT2D eigenvalue weighted by molar-refractivity contribution is 0.0602. The van der Waals surface area contributed by atoms with Crippen molar-refractivity contribution in [1.82, 2.24) is 15.0 Å². The quantitative estimate of drug-likeness (QED) is 0.774. The molecule has 1 fully saturated rings. The first-order valence-corrected chi connectivity index (χ1v) is 8.95. The van der Waals surface area contributed by atoms with E-state index >= 15 is 0 Å². The Morgan fingerprint density at radius 3 is 2.62 bits per heavy atom. The number of halogens is 1. The van der Waals surface area contributed by atoms with Gasteiger partial charge < -0.3 is 19.5 Å². The molecule has 0 atom stereocenters. The first-order valence-electron chi connectivity index (χ1n) is 8.57. The van der Waals surface area contributed by atoms with E-state index in [1.54, 1.807) is 24.3 Å². The summed E-state index contributed by atoms with van der Waals surface area (Å²) in [6.45, 7) is 5.73. The maximum absolute atomic E-state index is 12.3. The number of piperazine rings is 1. The minimum Gasteiger partial charge on any atom is -0.465 e. The summed E-state index contributed by atoms with van der Waals surface area (Å²) in [4.78, 5) is 16.9. The van der Waals surface area contributed by atoms with Gasteiger partial charge in [-0.05, 0) is 19.2 Å². The number of esters is 1.